The largest absolute Gasteiger partial charge is 0.456 e. The van der Waals surface area contributed by atoms with Gasteiger partial charge in [-0.25, -0.2) is 4.39 Å². The minimum atomic E-state index is -0.332. The predicted octanol–water partition coefficient (Wildman–Crippen LogP) is 3.12. The zero-order chi connectivity index (χ0) is 19.1. The van der Waals surface area contributed by atoms with Crippen molar-refractivity contribution in [1.29, 1.82) is 0 Å². The van der Waals surface area contributed by atoms with E-state index in [2.05, 4.69) is 4.98 Å². The molecule has 7 heteroatoms. The molecule has 1 aliphatic heterocycles. The fraction of sp³-hybridized carbons (Fsp3) is 0.300. The number of hydrogen-bond acceptors (Lipinski definition) is 3. The smallest absolute Gasteiger partial charge is 0.289 e. The number of nitrogens with one attached hydrogen (secondary N) is 1. The summed E-state index contributed by atoms with van der Waals surface area (Å²) in [7, 11) is 0. The lowest BCUT2D eigenvalue weighted by molar-refractivity contribution is 0.0515. The van der Waals surface area contributed by atoms with Crippen molar-refractivity contribution in [2.24, 2.45) is 0 Å². The van der Waals surface area contributed by atoms with E-state index in [1.165, 1.54) is 12.1 Å². The molecule has 1 fully saturated rings. The van der Waals surface area contributed by atoms with Gasteiger partial charge in [-0.05, 0) is 49.7 Å². The Morgan fingerprint density at radius 3 is 2.30 bits per heavy atom. The van der Waals surface area contributed by atoms with Gasteiger partial charge in [-0.1, -0.05) is 0 Å². The molecule has 1 aromatic carbocycles. The van der Waals surface area contributed by atoms with Gasteiger partial charge in [0, 0.05) is 37.1 Å². The van der Waals surface area contributed by atoms with E-state index in [-0.39, 0.29) is 17.6 Å². The Balaban J connectivity index is 1.46. The summed E-state index contributed by atoms with van der Waals surface area (Å²) in [6.07, 6.45) is 0. The molecule has 2 aromatic heterocycles. The molecule has 1 aliphatic rings. The molecule has 0 unspecified atom stereocenters. The molecule has 0 bridgehead atoms. The number of aryl methyl sites for hydroxylation is 2. The maximum absolute atomic E-state index is 13.6. The highest BCUT2D eigenvalue weighted by molar-refractivity contribution is 5.99. The van der Waals surface area contributed by atoms with Crippen LogP contribution in [0.5, 0.6) is 0 Å². The van der Waals surface area contributed by atoms with Crippen molar-refractivity contribution in [1.82, 2.24) is 14.8 Å². The average Bonchev–Trinajstić information content (AvgIpc) is 3.27. The summed E-state index contributed by atoms with van der Waals surface area (Å²) < 4.78 is 19.0. The van der Waals surface area contributed by atoms with Crippen LogP contribution in [-0.4, -0.2) is 52.8 Å². The van der Waals surface area contributed by atoms with Gasteiger partial charge in [-0.2, -0.15) is 0 Å². The number of nitrogens with zero attached hydrogens (tertiary/aromatic N) is 2. The maximum atomic E-state index is 13.6. The van der Waals surface area contributed by atoms with Gasteiger partial charge in [-0.15, -0.1) is 0 Å². The van der Waals surface area contributed by atoms with Crippen molar-refractivity contribution in [3.63, 3.8) is 0 Å². The Kier molecular flexibility index (Phi) is 4.22. The Morgan fingerprint density at radius 2 is 1.67 bits per heavy atom. The van der Waals surface area contributed by atoms with Crippen LogP contribution in [0, 0.1) is 19.7 Å². The fourth-order valence-electron chi connectivity index (χ4n) is 3.48. The van der Waals surface area contributed by atoms with Crippen LogP contribution >= 0.6 is 0 Å². The Morgan fingerprint density at radius 1 is 1.00 bits per heavy atom. The summed E-state index contributed by atoms with van der Waals surface area (Å²) in [5.74, 6) is 0.373. The lowest BCUT2D eigenvalue weighted by atomic mass is 10.1. The number of furan rings is 1. The minimum Gasteiger partial charge on any atom is -0.456 e. The van der Waals surface area contributed by atoms with Gasteiger partial charge in [0.15, 0.2) is 5.76 Å². The van der Waals surface area contributed by atoms with Crippen molar-refractivity contribution in [2.75, 3.05) is 26.2 Å². The molecule has 27 heavy (non-hydrogen) atoms. The average molecular weight is 369 g/mol. The quantitative estimate of drug-likeness (QED) is 0.755. The second-order valence-electron chi connectivity index (χ2n) is 6.86. The van der Waals surface area contributed by atoms with Crippen LogP contribution < -0.4 is 0 Å². The molecular weight excluding hydrogens is 349 g/mol. The van der Waals surface area contributed by atoms with E-state index in [0.717, 1.165) is 10.9 Å². The number of aromatic amines is 1. The van der Waals surface area contributed by atoms with Crippen LogP contribution in [0.15, 0.2) is 34.7 Å². The molecule has 0 atom stereocenters. The SMILES string of the molecule is Cc1ccc(C(=O)N2CCN(C(=O)c3cc4c(C)cc(F)cc4[nH]3)CC2)o1. The van der Waals surface area contributed by atoms with Crippen LogP contribution in [-0.2, 0) is 0 Å². The van der Waals surface area contributed by atoms with Crippen molar-refractivity contribution >= 4 is 22.7 Å². The number of piperazine rings is 1. The molecule has 0 aliphatic carbocycles. The molecule has 0 saturated carbocycles. The molecule has 3 heterocycles. The van der Waals surface area contributed by atoms with Gasteiger partial charge in [0.25, 0.3) is 11.8 Å². The second-order valence-corrected chi connectivity index (χ2v) is 6.86. The summed E-state index contributed by atoms with van der Waals surface area (Å²) in [5, 5.41) is 0.835. The van der Waals surface area contributed by atoms with E-state index >= 15 is 0 Å². The highest BCUT2D eigenvalue weighted by Gasteiger charge is 2.27. The lowest BCUT2D eigenvalue weighted by Crippen LogP contribution is -2.50. The van der Waals surface area contributed by atoms with E-state index in [1.807, 2.05) is 6.92 Å². The number of halogens is 1. The minimum absolute atomic E-state index is 0.146. The number of aromatic nitrogens is 1. The molecule has 2 amide bonds. The number of carbonyl (C=O) groups excluding carboxylic acids is 2. The third-order valence-electron chi connectivity index (χ3n) is 4.95. The zero-order valence-corrected chi connectivity index (χ0v) is 15.2. The van der Waals surface area contributed by atoms with Gasteiger partial charge >= 0.3 is 0 Å². The van der Waals surface area contributed by atoms with Crippen LogP contribution in [0.3, 0.4) is 0 Å². The first-order valence-corrected chi connectivity index (χ1v) is 8.86. The van der Waals surface area contributed by atoms with Gasteiger partial charge in [-0.3, -0.25) is 9.59 Å². The number of rotatable bonds is 2. The van der Waals surface area contributed by atoms with Crippen LogP contribution in [0.1, 0.15) is 32.4 Å². The van der Waals surface area contributed by atoms with E-state index in [1.54, 1.807) is 34.9 Å². The molecular formula is C20H20FN3O3. The fourth-order valence-corrected chi connectivity index (χ4v) is 3.48. The standard InChI is InChI=1S/C20H20FN3O3/c1-12-9-14(21)10-16-15(12)11-17(22-16)19(25)23-5-7-24(8-6-23)20(26)18-4-3-13(2)27-18/h3-4,9-11,22H,5-8H2,1-2H3. The van der Waals surface area contributed by atoms with Crippen LogP contribution in [0.25, 0.3) is 10.9 Å². The molecule has 3 aromatic rings. The van der Waals surface area contributed by atoms with Crippen molar-refractivity contribution in [3.8, 4) is 0 Å². The highest BCUT2D eigenvalue weighted by Crippen LogP contribution is 2.22. The van der Waals surface area contributed by atoms with E-state index in [0.29, 0.717) is 48.9 Å². The number of amides is 2. The monoisotopic (exact) mass is 369 g/mol. The van der Waals surface area contributed by atoms with Crippen LogP contribution in [0.2, 0.25) is 0 Å². The Hall–Kier alpha value is -3.09. The first-order chi connectivity index (χ1) is 12.9. The Labute approximate surface area is 155 Å². The molecule has 0 radical (unpaired) electrons. The second kappa shape index (κ2) is 6.57. The number of fused-ring (bicyclic) bond motifs is 1. The van der Waals surface area contributed by atoms with E-state index in [4.69, 9.17) is 4.42 Å². The molecule has 4 rings (SSSR count). The van der Waals surface area contributed by atoms with Crippen molar-refractivity contribution < 1.29 is 18.4 Å². The molecule has 1 N–H and O–H groups in total. The maximum Gasteiger partial charge on any atom is 0.289 e. The number of H-pyrrole nitrogens is 1. The van der Waals surface area contributed by atoms with Crippen molar-refractivity contribution in [3.05, 3.63) is 58.9 Å². The summed E-state index contributed by atoms with van der Waals surface area (Å²) in [4.78, 5) is 31.6. The molecule has 0 spiro atoms. The van der Waals surface area contributed by atoms with Crippen LogP contribution in [0.4, 0.5) is 4.39 Å². The lowest BCUT2D eigenvalue weighted by Gasteiger charge is -2.34. The van der Waals surface area contributed by atoms with E-state index < -0.39 is 0 Å². The van der Waals surface area contributed by atoms with Gasteiger partial charge in [0.1, 0.15) is 17.3 Å². The van der Waals surface area contributed by atoms with Gasteiger partial charge < -0.3 is 19.2 Å². The summed E-state index contributed by atoms with van der Waals surface area (Å²) in [6, 6.07) is 8.02. The Bertz CT molecular complexity index is 1030. The summed E-state index contributed by atoms with van der Waals surface area (Å²) >= 11 is 0. The van der Waals surface area contributed by atoms with Crippen molar-refractivity contribution in [2.45, 2.75) is 13.8 Å². The first kappa shape index (κ1) is 17.3. The third kappa shape index (κ3) is 3.20. The molecule has 1 saturated heterocycles. The third-order valence-corrected chi connectivity index (χ3v) is 4.95. The number of benzene rings is 1. The molecule has 6 nitrogen and oxygen atoms in total. The highest BCUT2D eigenvalue weighted by atomic mass is 19.1. The molecule has 140 valence electrons. The predicted molar refractivity (Wildman–Crippen MR) is 98.2 cm³/mol. The van der Waals surface area contributed by atoms with Gasteiger partial charge in [0.05, 0.1) is 0 Å². The number of carbonyl (C=O) groups is 2. The summed E-state index contributed by atoms with van der Waals surface area (Å²) in [5.41, 5.74) is 1.82. The van der Waals surface area contributed by atoms with Gasteiger partial charge in [0.2, 0.25) is 0 Å². The number of hydrogen-bond donors (Lipinski definition) is 1. The normalized spacial score (nSPS) is 14.8. The summed E-state index contributed by atoms with van der Waals surface area (Å²) in [6.45, 7) is 5.37. The zero-order valence-electron chi connectivity index (χ0n) is 15.2. The van der Waals surface area contributed by atoms with E-state index in [9.17, 15) is 14.0 Å². The topological polar surface area (TPSA) is 69.6 Å². The first-order valence-electron chi connectivity index (χ1n) is 8.86.